The molecule has 0 saturated carbocycles. The van der Waals surface area contributed by atoms with Gasteiger partial charge in [0.05, 0.1) is 10.6 Å². The molecule has 4 rings (SSSR count). The largest absolute Gasteiger partial charge is 0.390 e. The van der Waals surface area contributed by atoms with E-state index >= 15 is 0 Å². The maximum Gasteiger partial charge on any atom is 0.225 e. The van der Waals surface area contributed by atoms with Crippen molar-refractivity contribution in [1.82, 2.24) is 14.9 Å². The van der Waals surface area contributed by atoms with Gasteiger partial charge in [0.1, 0.15) is 0 Å². The fourth-order valence-electron chi connectivity index (χ4n) is 3.33. The number of carbonyl (C=O) groups is 1. The lowest BCUT2D eigenvalue weighted by Gasteiger charge is -2.34. The number of anilines is 2. The number of ketones is 1. The van der Waals surface area contributed by atoms with Crippen LogP contribution in [0.4, 0.5) is 10.9 Å². The molecule has 3 heterocycles. The Morgan fingerprint density at radius 1 is 1.11 bits per heavy atom. The molecule has 1 fully saturated rings. The second-order valence-electron chi connectivity index (χ2n) is 6.65. The number of rotatable bonds is 5. The van der Waals surface area contributed by atoms with Gasteiger partial charge in [0.25, 0.3) is 0 Å². The summed E-state index contributed by atoms with van der Waals surface area (Å²) < 4.78 is 0. The van der Waals surface area contributed by atoms with Crippen LogP contribution >= 0.6 is 22.9 Å². The third-order valence-electron chi connectivity index (χ3n) is 4.83. The number of nitrogens with zero attached hydrogens (tertiary/aromatic N) is 4. The molecular weight excluding hydrogens is 394 g/mol. The van der Waals surface area contributed by atoms with E-state index in [4.69, 9.17) is 17.3 Å². The minimum atomic E-state index is -0.0539. The molecule has 6 nitrogen and oxygen atoms in total. The number of aromatic nitrogens is 2. The minimum Gasteiger partial charge on any atom is -0.390 e. The highest BCUT2D eigenvalue weighted by atomic mass is 35.5. The number of halogens is 1. The van der Waals surface area contributed by atoms with Crippen molar-refractivity contribution in [3.8, 4) is 0 Å². The number of nitrogen functional groups attached to an aromatic ring is 1. The van der Waals surface area contributed by atoms with E-state index in [0.717, 1.165) is 37.7 Å². The molecule has 28 heavy (non-hydrogen) atoms. The molecule has 144 valence electrons. The first kappa shape index (κ1) is 18.9. The van der Waals surface area contributed by atoms with Crippen molar-refractivity contribution in [3.63, 3.8) is 0 Å². The quantitative estimate of drug-likeness (QED) is 0.646. The molecule has 0 radical (unpaired) electrons. The number of benzene rings is 1. The van der Waals surface area contributed by atoms with Crippen molar-refractivity contribution in [1.29, 1.82) is 0 Å². The van der Waals surface area contributed by atoms with Gasteiger partial charge in [-0.3, -0.25) is 9.69 Å². The molecule has 1 aliphatic rings. The van der Waals surface area contributed by atoms with Gasteiger partial charge in [-0.25, -0.2) is 9.97 Å². The summed E-state index contributed by atoms with van der Waals surface area (Å²) in [5.74, 6) is 0.710. The summed E-state index contributed by atoms with van der Waals surface area (Å²) in [7, 11) is 0. The van der Waals surface area contributed by atoms with Gasteiger partial charge in [0.2, 0.25) is 5.95 Å². The van der Waals surface area contributed by atoms with Gasteiger partial charge >= 0.3 is 0 Å². The zero-order valence-corrected chi connectivity index (χ0v) is 16.8. The molecule has 0 atom stereocenters. The van der Waals surface area contributed by atoms with Crippen LogP contribution in [0.5, 0.6) is 0 Å². The van der Waals surface area contributed by atoms with E-state index in [1.54, 1.807) is 36.7 Å². The maximum absolute atomic E-state index is 13.0. The Bertz CT molecular complexity index is 952. The number of hydrogen-bond donors (Lipinski definition) is 1. The van der Waals surface area contributed by atoms with Gasteiger partial charge < -0.3 is 10.6 Å². The molecule has 0 amide bonds. The molecule has 1 saturated heterocycles. The summed E-state index contributed by atoms with van der Waals surface area (Å²) in [6.45, 7) is 4.16. The van der Waals surface area contributed by atoms with E-state index in [1.165, 1.54) is 11.3 Å². The van der Waals surface area contributed by atoms with Crippen LogP contribution in [0.1, 0.15) is 21.5 Å². The van der Waals surface area contributed by atoms with Crippen LogP contribution < -0.4 is 10.6 Å². The van der Waals surface area contributed by atoms with E-state index in [2.05, 4.69) is 19.8 Å². The molecule has 1 aromatic carbocycles. The van der Waals surface area contributed by atoms with Gasteiger partial charge in [-0.1, -0.05) is 11.6 Å². The topological polar surface area (TPSA) is 75.3 Å². The molecule has 1 aliphatic heterocycles. The fourth-order valence-corrected chi connectivity index (χ4v) is 4.26. The van der Waals surface area contributed by atoms with Crippen LogP contribution in [0, 0.1) is 0 Å². The second-order valence-corrected chi connectivity index (χ2v) is 8.00. The average molecular weight is 414 g/mol. The SMILES string of the molecule is Nc1scc(CN2CCN(c3ncccn3)CC2)c1C(=O)c1ccc(Cl)cc1. The van der Waals surface area contributed by atoms with Crippen LogP contribution in [0.25, 0.3) is 0 Å². The van der Waals surface area contributed by atoms with Crippen LogP contribution in [0.2, 0.25) is 5.02 Å². The van der Waals surface area contributed by atoms with Crippen molar-refractivity contribution >= 4 is 39.7 Å². The maximum atomic E-state index is 13.0. The third-order valence-corrected chi connectivity index (χ3v) is 5.94. The Balaban J connectivity index is 1.45. The van der Waals surface area contributed by atoms with E-state index in [1.807, 2.05) is 11.4 Å². The molecule has 0 aliphatic carbocycles. The zero-order valence-electron chi connectivity index (χ0n) is 15.2. The summed E-state index contributed by atoms with van der Waals surface area (Å²) in [5, 5.41) is 3.16. The van der Waals surface area contributed by atoms with Crippen LogP contribution in [0.3, 0.4) is 0 Å². The number of hydrogen-bond acceptors (Lipinski definition) is 7. The normalized spacial score (nSPS) is 15.0. The van der Waals surface area contributed by atoms with Crippen LogP contribution in [0.15, 0.2) is 48.1 Å². The second kappa shape index (κ2) is 8.26. The predicted octanol–water partition coefficient (Wildman–Crippen LogP) is 3.33. The van der Waals surface area contributed by atoms with Crippen molar-refractivity contribution < 1.29 is 4.79 Å². The van der Waals surface area contributed by atoms with Crippen molar-refractivity contribution in [3.05, 3.63) is 69.8 Å². The van der Waals surface area contributed by atoms with Gasteiger partial charge in [-0.2, -0.15) is 0 Å². The molecule has 8 heteroatoms. The van der Waals surface area contributed by atoms with Crippen LogP contribution in [-0.4, -0.2) is 46.8 Å². The first-order valence-electron chi connectivity index (χ1n) is 9.02. The Hall–Kier alpha value is -2.48. The summed E-state index contributed by atoms with van der Waals surface area (Å²) in [4.78, 5) is 26.1. The van der Waals surface area contributed by atoms with E-state index in [9.17, 15) is 4.79 Å². The van der Waals surface area contributed by atoms with Gasteiger partial charge in [0, 0.05) is 55.7 Å². The highest BCUT2D eigenvalue weighted by Gasteiger charge is 2.23. The first-order chi connectivity index (χ1) is 13.6. The molecular formula is C20H20ClN5OS. The fraction of sp³-hybridized carbons (Fsp3) is 0.250. The lowest BCUT2D eigenvalue weighted by Crippen LogP contribution is -2.46. The standard InChI is InChI=1S/C20H20ClN5OS/c21-16-4-2-14(3-5-16)18(27)17-15(13-28-19(17)22)12-25-8-10-26(11-9-25)20-23-6-1-7-24-20/h1-7,13H,8-12,22H2. The number of carbonyl (C=O) groups excluding carboxylic acids is 1. The van der Waals surface area contributed by atoms with Gasteiger partial charge in [0.15, 0.2) is 5.78 Å². The highest BCUT2D eigenvalue weighted by molar-refractivity contribution is 7.14. The number of nitrogens with two attached hydrogens (primary N) is 1. The lowest BCUT2D eigenvalue weighted by molar-refractivity contribution is 0.103. The Morgan fingerprint density at radius 2 is 1.79 bits per heavy atom. The molecule has 0 unspecified atom stereocenters. The average Bonchev–Trinajstić information content (AvgIpc) is 3.09. The molecule has 3 aromatic rings. The summed E-state index contributed by atoms with van der Waals surface area (Å²) in [6, 6.07) is 8.75. The molecule has 0 bridgehead atoms. The zero-order chi connectivity index (χ0) is 19.5. The van der Waals surface area contributed by atoms with Gasteiger partial charge in [-0.15, -0.1) is 11.3 Å². The smallest absolute Gasteiger partial charge is 0.225 e. The van der Waals surface area contributed by atoms with Crippen molar-refractivity contribution in [2.75, 3.05) is 36.8 Å². The number of thiophene rings is 1. The summed E-state index contributed by atoms with van der Waals surface area (Å²) >= 11 is 7.35. The van der Waals surface area contributed by atoms with Gasteiger partial charge in [-0.05, 0) is 41.3 Å². The Morgan fingerprint density at radius 3 is 2.46 bits per heavy atom. The molecule has 2 aromatic heterocycles. The Kier molecular flexibility index (Phi) is 5.57. The van der Waals surface area contributed by atoms with E-state index in [-0.39, 0.29) is 5.78 Å². The van der Waals surface area contributed by atoms with Crippen LogP contribution in [-0.2, 0) is 6.54 Å². The van der Waals surface area contributed by atoms with E-state index < -0.39 is 0 Å². The first-order valence-corrected chi connectivity index (χ1v) is 10.3. The minimum absolute atomic E-state index is 0.0539. The summed E-state index contributed by atoms with van der Waals surface area (Å²) in [6.07, 6.45) is 3.52. The third kappa shape index (κ3) is 4.01. The van der Waals surface area contributed by atoms with Crippen molar-refractivity contribution in [2.24, 2.45) is 0 Å². The lowest BCUT2D eigenvalue weighted by atomic mass is 10.0. The Labute approximate surface area is 172 Å². The molecule has 0 spiro atoms. The van der Waals surface area contributed by atoms with Crippen molar-refractivity contribution in [2.45, 2.75) is 6.54 Å². The highest BCUT2D eigenvalue weighted by Crippen LogP contribution is 2.29. The molecule has 2 N–H and O–H groups in total. The number of piperazine rings is 1. The monoisotopic (exact) mass is 413 g/mol. The predicted molar refractivity (Wildman–Crippen MR) is 113 cm³/mol. The van der Waals surface area contributed by atoms with E-state index in [0.29, 0.717) is 27.7 Å². The summed E-state index contributed by atoms with van der Waals surface area (Å²) in [5.41, 5.74) is 8.33.